The molecular weight excluding hydrogens is 376 g/mol. The Balaban J connectivity index is 1.52. The van der Waals surface area contributed by atoms with Crippen molar-refractivity contribution in [1.82, 2.24) is 19.3 Å². The number of nitrogens with zero attached hydrogens (tertiary/aromatic N) is 4. The minimum Gasteiger partial charge on any atom is -0.421 e. The minimum atomic E-state index is -0.307. The average molecular weight is 402 g/mol. The normalized spacial score (nSPS) is 16.0. The molecular formula is C24H26N4O2. The van der Waals surface area contributed by atoms with Crippen molar-refractivity contribution in [2.75, 3.05) is 19.6 Å². The molecule has 0 radical (unpaired) electrons. The Hall–Kier alpha value is -2.99. The summed E-state index contributed by atoms with van der Waals surface area (Å²) in [7, 11) is 0. The van der Waals surface area contributed by atoms with Crippen LogP contribution in [0.15, 0.2) is 45.9 Å². The number of aryl methyl sites for hydroxylation is 2. The molecule has 4 aromatic rings. The summed E-state index contributed by atoms with van der Waals surface area (Å²) in [6.45, 7) is 9.44. The van der Waals surface area contributed by atoms with E-state index in [0.717, 1.165) is 54.9 Å². The highest BCUT2D eigenvalue weighted by atomic mass is 16.4. The van der Waals surface area contributed by atoms with Crippen LogP contribution in [0.3, 0.4) is 0 Å². The first-order valence-corrected chi connectivity index (χ1v) is 10.7. The number of rotatable bonds is 3. The molecule has 6 nitrogen and oxygen atoms in total. The Bertz CT molecular complexity index is 1300. The Morgan fingerprint density at radius 1 is 1.10 bits per heavy atom. The molecule has 0 atom stereocenters. The predicted molar refractivity (Wildman–Crippen MR) is 118 cm³/mol. The summed E-state index contributed by atoms with van der Waals surface area (Å²) in [6.07, 6.45) is 6.08. The van der Waals surface area contributed by atoms with Crippen molar-refractivity contribution >= 4 is 16.4 Å². The Kier molecular flexibility index (Phi) is 4.66. The van der Waals surface area contributed by atoms with Crippen molar-refractivity contribution in [3.8, 4) is 11.5 Å². The topological polar surface area (TPSA) is 63.6 Å². The third kappa shape index (κ3) is 3.31. The first kappa shape index (κ1) is 19.0. The minimum absolute atomic E-state index is 0.307. The maximum absolute atomic E-state index is 12.8. The lowest BCUT2D eigenvalue weighted by molar-refractivity contribution is 0.222. The zero-order chi connectivity index (χ0) is 20.8. The van der Waals surface area contributed by atoms with E-state index >= 15 is 0 Å². The predicted octanol–water partition coefficient (Wildman–Crippen LogP) is 4.32. The number of aromatic nitrogens is 3. The van der Waals surface area contributed by atoms with E-state index in [0.29, 0.717) is 22.8 Å². The molecule has 0 bridgehead atoms. The van der Waals surface area contributed by atoms with Crippen LogP contribution in [0.2, 0.25) is 0 Å². The summed E-state index contributed by atoms with van der Waals surface area (Å²) in [5.74, 6) is 0.991. The lowest BCUT2D eigenvalue weighted by Crippen LogP contribution is -2.32. The summed E-state index contributed by atoms with van der Waals surface area (Å²) in [6, 6.07) is 8.15. The molecule has 1 fully saturated rings. The molecule has 0 amide bonds. The van der Waals surface area contributed by atoms with Gasteiger partial charge in [-0.25, -0.2) is 9.78 Å². The van der Waals surface area contributed by atoms with Gasteiger partial charge < -0.3 is 13.7 Å². The highest BCUT2D eigenvalue weighted by Crippen LogP contribution is 2.30. The fourth-order valence-corrected chi connectivity index (χ4v) is 4.59. The van der Waals surface area contributed by atoms with Crippen LogP contribution in [-0.4, -0.2) is 38.9 Å². The maximum Gasteiger partial charge on any atom is 0.344 e. The second-order valence-electron chi connectivity index (χ2n) is 8.28. The van der Waals surface area contributed by atoms with Gasteiger partial charge in [0, 0.05) is 12.4 Å². The van der Waals surface area contributed by atoms with Crippen LogP contribution in [-0.2, 0) is 0 Å². The van der Waals surface area contributed by atoms with E-state index in [9.17, 15) is 4.79 Å². The van der Waals surface area contributed by atoms with Gasteiger partial charge in [0.05, 0.1) is 16.8 Å². The highest BCUT2D eigenvalue weighted by Gasteiger charge is 2.20. The quantitative estimate of drug-likeness (QED) is 0.511. The number of piperidine rings is 1. The molecule has 30 heavy (non-hydrogen) atoms. The SMILES string of the molecule is CCN1CCC(c2ccc3cc(-c4cn5cc(C)nc(C)c5n4)oc(=O)c3c2)CC1. The zero-order valence-electron chi connectivity index (χ0n) is 17.7. The van der Waals surface area contributed by atoms with Gasteiger partial charge in [-0.05, 0) is 75.3 Å². The standard InChI is InChI=1S/C24H26N4O2/c1-4-27-9-7-17(8-10-27)18-5-6-19-12-22(30-24(29)20(19)11-18)21-14-28-13-15(2)25-16(3)23(28)26-21/h5-6,11-14,17H,4,7-10H2,1-3H3. The van der Waals surface area contributed by atoms with Gasteiger partial charge in [-0.2, -0.15) is 0 Å². The molecule has 0 saturated carbocycles. The number of hydrogen-bond acceptors (Lipinski definition) is 5. The lowest BCUT2D eigenvalue weighted by atomic mass is 9.88. The van der Waals surface area contributed by atoms with E-state index in [1.54, 1.807) is 0 Å². The smallest absolute Gasteiger partial charge is 0.344 e. The third-order valence-electron chi connectivity index (χ3n) is 6.27. The summed E-state index contributed by atoms with van der Waals surface area (Å²) < 4.78 is 7.63. The zero-order valence-corrected chi connectivity index (χ0v) is 17.7. The van der Waals surface area contributed by atoms with Gasteiger partial charge in [-0.3, -0.25) is 4.98 Å². The van der Waals surface area contributed by atoms with Crippen LogP contribution in [0, 0.1) is 13.8 Å². The Labute approximate surface area is 175 Å². The molecule has 3 aromatic heterocycles. The van der Waals surface area contributed by atoms with Gasteiger partial charge >= 0.3 is 5.63 Å². The van der Waals surface area contributed by atoms with Gasteiger partial charge in [-0.1, -0.05) is 19.1 Å². The van der Waals surface area contributed by atoms with Gasteiger partial charge in [-0.15, -0.1) is 0 Å². The van der Waals surface area contributed by atoms with Crippen LogP contribution in [0.5, 0.6) is 0 Å². The van der Waals surface area contributed by atoms with Crippen molar-refractivity contribution < 1.29 is 4.42 Å². The van der Waals surface area contributed by atoms with E-state index in [4.69, 9.17) is 4.42 Å². The molecule has 1 aliphatic rings. The number of hydrogen-bond donors (Lipinski definition) is 0. The van der Waals surface area contributed by atoms with E-state index in [2.05, 4.69) is 27.9 Å². The molecule has 6 heteroatoms. The number of benzene rings is 1. The molecule has 1 aliphatic heterocycles. The first-order chi connectivity index (χ1) is 14.5. The summed E-state index contributed by atoms with van der Waals surface area (Å²) in [5, 5.41) is 1.53. The van der Waals surface area contributed by atoms with Crippen molar-refractivity contribution in [2.24, 2.45) is 0 Å². The molecule has 5 rings (SSSR count). The monoisotopic (exact) mass is 402 g/mol. The van der Waals surface area contributed by atoms with Crippen molar-refractivity contribution in [3.63, 3.8) is 0 Å². The number of likely N-dealkylation sites (tertiary alicyclic amines) is 1. The summed E-state index contributed by atoms with van der Waals surface area (Å²) in [5.41, 5.74) is 4.11. The van der Waals surface area contributed by atoms with E-state index in [1.807, 2.05) is 48.8 Å². The largest absolute Gasteiger partial charge is 0.421 e. The second-order valence-corrected chi connectivity index (χ2v) is 8.28. The fraction of sp³-hybridized carbons (Fsp3) is 0.375. The summed E-state index contributed by atoms with van der Waals surface area (Å²) >= 11 is 0. The molecule has 0 spiro atoms. The van der Waals surface area contributed by atoms with Gasteiger partial charge in [0.2, 0.25) is 0 Å². The van der Waals surface area contributed by atoms with Crippen LogP contribution in [0.25, 0.3) is 27.9 Å². The molecule has 0 aliphatic carbocycles. The Morgan fingerprint density at radius 2 is 1.90 bits per heavy atom. The Morgan fingerprint density at radius 3 is 2.67 bits per heavy atom. The van der Waals surface area contributed by atoms with Gasteiger partial charge in [0.1, 0.15) is 5.69 Å². The summed E-state index contributed by atoms with van der Waals surface area (Å²) in [4.78, 5) is 24.4. The van der Waals surface area contributed by atoms with Crippen LogP contribution >= 0.6 is 0 Å². The molecule has 0 N–H and O–H groups in total. The van der Waals surface area contributed by atoms with Crippen molar-refractivity contribution in [1.29, 1.82) is 0 Å². The average Bonchev–Trinajstić information content (AvgIpc) is 3.18. The molecule has 1 aromatic carbocycles. The molecule has 1 saturated heterocycles. The highest BCUT2D eigenvalue weighted by molar-refractivity contribution is 5.84. The van der Waals surface area contributed by atoms with Crippen LogP contribution < -0.4 is 5.63 Å². The lowest BCUT2D eigenvalue weighted by Gasteiger charge is -2.31. The molecule has 0 unspecified atom stereocenters. The van der Waals surface area contributed by atoms with Crippen molar-refractivity contribution in [3.05, 3.63) is 64.0 Å². The number of fused-ring (bicyclic) bond motifs is 2. The van der Waals surface area contributed by atoms with Crippen LogP contribution in [0.4, 0.5) is 0 Å². The van der Waals surface area contributed by atoms with E-state index in [-0.39, 0.29) is 5.63 Å². The van der Waals surface area contributed by atoms with Gasteiger partial charge in [0.15, 0.2) is 11.4 Å². The van der Waals surface area contributed by atoms with E-state index < -0.39 is 0 Å². The second kappa shape index (κ2) is 7.36. The fourth-order valence-electron chi connectivity index (χ4n) is 4.59. The van der Waals surface area contributed by atoms with Gasteiger partial charge in [0.25, 0.3) is 0 Å². The molecule has 4 heterocycles. The van der Waals surface area contributed by atoms with Crippen LogP contribution in [0.1, 0.15) is 42.6 Å². The number of imidazole rings is 1. The van der Waals surface area contributed by atoms with E-state index in [1.165, 1.54) is 5.56 Å². The van der Waals surface area contributed by atoms with Crippen molar-refractivity contribution in [2.45, 2.75) is 39.5 Å². The molecule has 154 valence electrons. The third-order valence-corrected chi connectivity index (χ3v) is 6.27. The maximum atomic E-state index is 12.8. The first-order valence-electron chi connectivity index (χ1n) is 10.7.